The molecule has 0 aliphatic rings. The van der Waals surface area contributed by atoms with Crippen LogP contribution >= 0.6 is 38.9 Å². The van der Waals surface area contributed by atoms with E-state index in [-0.39, 0.29) is 15.6 Å². The molecule has 0 amide bonds. The number of anilines is 1. The van der Waals surface area contributed by atoms with Crippen molar-refractivity contribution in [3.63, 3.8) is 0 Å². The highest BCUT2D eigenvalue weighted by Gasteiger charge is 2.19. The zero-order chi connectivity index (χ0) is 14.9. The van der Waals surface area contributed by atoms with Gasteiger partial charge in [0.1, 0.15) is 4.21 Å². The molecular formula is C10H6BrClN2O4S2. The van der Waals surface area contributed by atoms with Crippen molar-refractivity contribution < 1.29 is 13.3 Å². The molecule has 10 heteroatoms. The van der Waals surface area contributed by atoms with E-state index in [1.54, 1.807) is 0 Å². The highest BCUT2D eigenvalue weighted by atomic mass is 79.9. The molecule has 0 saturated carbocycles. The molecule has 0 spiro atoms. The molecule has 106 valence electrons. The molecule has 2 aromatic rings. The molecule has 1 aromatic heterocycles. The van der Waals surface area contributed by atoms with Gasteiger partial charge in [-0.15, -0.1) is 11.3 Å². The van der Waals surface area contributed by atoms with E-state index in [4.69, 9.17) is 11.6 Å². The Kier molecular flexibility index (Phi) is 4.33. The third-order valence-corrected chi connectivity index (χ3v) is 6.55. The maximum atomic E-state index is 12.1. The van der Waals surface area contributed by atoms with Crippen LogP contribution in [0, 0.1) is 10.1 Å². The maximum Gasteiger partial charge on any atom is 0.271 e. The minimum Gasteiger partial charge on any atom is -0.279 e. The Morgan fingerprint density at radius 3 is 2.35 bits per heavy atom. The Morgan fingerprint density at radius 2 is 1.90 bits per heavy atom. The molecule has 1 N–H and O–H groups in total. The lowest BCUT2D eigenvalue weighted by Gasteiger charge is -2.05. The Morgan fingerprint density at radius 1 is 1.30 bits per heavy atom. The van der Waals surface area contributed by atoms with E-state index in [1.165, 1.54) is 30.3 Å². The van der Waals surface area contributed by atoms with Gasteiger partial charge in [-0.25, -0.2) is 8.42 Å². The first-order valence-electron chi connectivity index (χ1n) is 5.02. The average Bonchev–Trinajstić information content (AvgIpc) is 2.71. The predicted molar refractivity (Wildman–Crippen MR) is 80.9 cm³/mol. The molecule has 0 saturated heterocycles. The van der Waals surface area contributed by atoms with Gasteiger partial charge in [-0.1, -0.05) is 11.6 Å². The fourth-order valence-corrected chi connectivity index (χ4v) is 4.77. The lowest BCUT2D eigenvalue weighted by Crippen LogP contribution is -2.11. The number of hydrogen-bond donors (Lipinski definition) is 1. The number of rotatable bonds is 4. The zero-order valence-corrected chi connectivity index (χ0v) is 13.5. The quantitative estimate of drug-likeness (QED) is 0.626. The molecule has 0 atom stereocenters. The molecular weight excluding hydrogens is 392 g/mol. The van der Waals surface area contributed by atoms with Gasteiger partial charge < -0.3 is 0 Å². The molecule has 0 fully saturated rings. The summed E-state index contributed by atoms with van der Waals surface area (Å²) in [7, 11) is -3.76. The number of halogens is 2. The highest BCUT2D eigenvalue weighted by molar-refractivity contribution is 9.11. The van der Waals surface area contributed by atoms with Crippen LogP contribution in [0.25, 0.3) is 0 Å². The first-order chi connectivity index (χ1) is 9.29. The van der Waals surface area contributed by atoms with Crippen LogP contribution in [0.3, 0.4) is 0 Å². The van der Waals surface area contributed by atoms with Crippen LogP contribution in [-0.4, -0.2) is 13.3 Å². The summed E-state index contributed by atoms with van der Waals surface area (Å²) in [5.41, 5.74) is 0.117. The second-order valence-corrected chi connectivity index (χ2v) is 8.28. The molecule has 2 rings (SSSR count). The predicted octanol–water partition coefficient (Wildman–Crippen LogP) is 3.87. The number of nitrogens with one attached hydrogen (secondary N) is 1. The van der Waals surface area contributed by atoms with Gasteiger partial charge in [0.05, 0.1) is 13.7 Å². The third kappa shape index (κ3) is 3.29. The van der Waals surface area contributed by atoms with Crippen LogP contribution in [0.15, 0.2) is 38.3 Å². The third-order valence-electron chi connectivity index (χ3n) is 2.22. The summed E-state index contributed by atoms with van der Waals surface area (Å²) in [5, 5.41) is 10.8. The number of non-ortho nitro benzene ring substituents is 1. The minimum absolute atomic E-state index is 0.0488. The molecule has 0 radical (unpaired) electrons. The van der Waals surface area contributed by atoms with Crippen molar-refractivity contribution in [3.05, 3.63) is 49.3 Å². The standard InChI is InChI=1S/C10H6BrClN2O4S2/c11-10-8(12)5-9(19-10)20(17,18)13-6-1-3-7(4-2-6)14(15)16/h1-5,13H. The summed E-state index contributed by atoms with van der Waals surface area (Å²) in [6.07, 6.45) is 0. The second-order valence-electron chi connectivity index (χ2n) is 3.60. The normalized spacial score (nSPS) is 11.3. The Balaban J connectivity index is 2.26. The molecule has 0 aliphatic carbocycles. The van der Waals surface area contributed by atoms with Gasteiger partial charge in [0.2, 0.25) is 0 Å². The van der Waals surface area contributed by atoms with Crippen molar-refractivity contribution >= 4 is 60.3 Å². The SMILES string of the molecule is O=[N+]([O-])c1ccc(NS(=O)(=O)c2cc(Cl)c(Br)s2)cc1. The molecule has 1 aromatic carbocycles. The first kappa shape index (κ1) is 15.2. The van der Waals surface area contributed by atoms with Gasteiger partial charge in [-0.2, -0.15) is 0 Å². The summed E-state index contributed by atoms with van der Waals surface area (Å²) in [6, 6.07) is 6.40. The van der Waals surface area contributed by atoms with E-state index in [1.807, 2.05) is 0 Å². The van der Waals surface area contributed by atoms with E-state index in [9.17, 15) is 18.5 Å². The average molecular weight is 398 g/mol. The summed E-state index contributed by atoms with van der Waals surface area (Å²) >= 11 is 9.90. The van der Waals surface area contributed by atoms with E-state index in [0.29, 0.717) is 8.81 Å². The number of thiophene rings is 1. The molecule has 6 nitrogen and oxygen atoms in total. The second kappa shape index (κ2) is 5.68. The Labute approximate surface area is 131 Å². The lowest BCUT2D eigenvalue weighted by atomic mass is 10.3. The fourth-order valence-electron chi connectivity index (χ4n) is 1.32. The number of sulfonamides is 1. The van der Waals surface area contributed by atoms with Crippen molar-refractivity contribution in [2.45, 2.75) is 4.21 Å². The molecule has 1 heterocycles. The number of nitro benzene ring substituents is 1. The Bertz CT molecular complexity index is 739. The van der Waals surface area contributed by atoms with Crippen LogP contribution in [-0.2, 0) is 10.0 Å². The summed E-state index contributed by atoms with van der Waals surface area (Å²) < 4.78 is 27.0. The summed E-state index contributed by atoms with van der Waals surface area (Å²) in [5.74, 6) is 0. The van der Waals surface area contributed by atoms with Gasteiger partial charge in [-0.3, -0.25) is 14.8 Å². The van der Waals surface area contributed by atoms with Gasteiger partial charge in [0, 0.05) is 17.8 Å². The smallest absolute Gasteiger partial charge is 0.271 e. The largest absolute Gasteiger partial charge is 0.279 e. The van der Waals surface area contributed by atoms with Crippen LogP contribution < -0.4 is 4.72 Å². The Hall–Kier alpha value is -1.16. The van der Waals surface area contributed by atoms with Crippen molar-refractivity contribution in [1.29, 1.82) is 0 Å². The van der Waals surface area contributed by atoms with Crippen LogP contribution in [0.5, 0.6) is 0 Å². The fraction of sp³-hybridized carbons (Fsp3) is 0. The maximum absolute atomic E-state index is 12.1. The number of nitrogens with zero attached hydrogens (tertiary/aromatic N) is 1. The van der Waals surface area contributed by atoms with Crippen LogP contribution in [0.4, 0.5) is 11.4 Å². The minimum atomic E-state index is -3.76. The lowest BCUT2D eigenvalue weighted by molar-refractivity contribution is -0.384. The van der Waals surface area contributed by atoms with E-state index < -0.39 is 14.9 Å². The molecule has 20 heavy (non-hydrogen) atoms. The van der Waals surface area contributed by atoms with Gasteiger partial charge in [-0.05, 0) is 34.1 Å². The summed E-state index contributed by atoms with van der Waals surface area (Å²) in [6.45, 7) is 0. The number of hydrogen-bond acceptors (Lipinski definition) is 5. The molecule has 0 aliphatic heterocycles. The van der Waals surface area contributed by atoms with Crippen molar-refractivity contribution in [1.82, 2.24) is 0 Å². The molecule has 0 unspecified atom stereocenters. The van der Waals surface area contributed by atoms with Gasteiger partial charge in [0.25, 0.3) is 15.7 Å². The van der Waals surface area contributed by atoms with E-state index in [0.717, 1.165) is 11.3 Å². The van der Waals surface area contributed by atoms with Gasteiger partial charge in [0.15, 0.2) is 0 Å². The topological polar surface area (TPSA) is 89.3 Å². The zero-order valence-electron chi connectivity index (χ0n) is 9.54. The van der Waals surface area contributed by atoms with Gasteiger partial charge >= 0.3 is 0 Å². The highest BCUT2D eigenvalue weighted by Crippen LogP contribution is 2.35. The van der Waals surface area contributed by atoms with Crippen molar-refractivity contribution in [3.8, 4) is 0 Å². The number of nitro groups is 1. The first-order valence-corrected chi connectivity index (χ1v) is 8.49. The van der Waals surface area contributed by atoms with Crippen LogP contribution in [0.1, 0.15) is 0 Å². The monoisotopic (exact) mass is 396 g/mol. The molecule has 0 bridgehead atoms. The van der Waals surface area contributed by atoms with E-state index >= 15 is 0 Å². The summed E-state index contributed by atoms with van der Waals surface area (Å²) in [4.78, 5) is 9.95. The van der Waals surface area contributed by atoms with Crippen molar-refractivity contribution in [2.75, 3.05) is 4.72 Å². The number of benzene rings is 1. The van der Waals surface area contributed by atoms with E-state index in [2.05, 4.69) is 20.7 Å². The van der Waals surface area contributed by atoms with Crippen molar-refractivity contribution in [2.24, 2.45) is 0 Å². The van der Waals surface area contributed by atoms with Crippen LogP contribution in [0.2, 0.25) is 5.02 Å².